The van der Waals surface area contributed by atoms with Crippen molar-refractivity contribution in [3.8, 4) is 16.9 Å². The van der Waals surface area contributed by atoms with Crippen molar-refractivity contribution in [1.29, 1.82) is 0 Å². The molecule has 40 heavy (non-hydrogen) atoms. The number of anilines is 2. The average Bonchev–Trinajstić information content (AvgIpc) is 3.69. The molecular formula is C27H23ClF2N6O4. The number of hydrogen-bond acceptors (Lipinski definition) is 7. The second-order valence-electron chi connectivity index (χ2n) is 9.85. The van der Waals surface area contributed by atoms with Crippen molar-refractivity contribution in [2.24, 2.45) is 0 Å². The van der Waals surface area contributed by atoms with E-state index < -0.39 is 23.4 Å². The number of phenolic OH excluding ortho intramolecular Hbond substituents is 1. The molecule has 0 spiro atoms. The largest absolute Gasteiger partial charge is 0.504 e. The molecule has 4 aromatic rings. The summed E-state index contributed by atoms with van der Waals surface area (Å²) in [6.45, 7) is 1.58. The van der Waals surface area contributed by atoms with Gasteiger partial charge in [0.2, 0.25) is 11.9 Å². The van der Waals surface area contributed by atoms with E-state index >= 15 is 0 Å². The van der Waals surface area contributed by atoms with Crippen LogP contribution in [0.3, 0.4) is 0 Å². The predicted octanol–water partition coefficient (Wildman–Crippen LogP) is 3.89. The van der Waals surface area contributed by atoms with Gasteiger partial charge >= 0.3 is 0 Å². The second-order valence-corrected chi connectivity index (χ2v) is 10.2. The number of halogens is 3. The molecule has 0 radical (unpaired) electrons. The number of phenols is 1. The van der Waals surface area contributed by atoms with Crippen LogP contribution >= 0.6 is 11.6 Å². The molecule has 5 heterocycles. The van der Waals surface area contributed by atoms with E-state index in [1.54, 1.807) is 0 Å². The van der Waals surface area contributed by atoms with Gasteiger partial charge in [0.05, 0.1) is 16.6 Å². The number of amides is 1. The molecule has 206 valence electrons. The lowest BCUT2D eigenvalue weighted by molar-refractivity contribution is -0.116. The van der Waals surface area contributed by atoms with E-state index in [2.05, 4.69) is 15.3 Å². The highest BCUT2D eigenvalue weighted by molar-refractivity contribution is 6.33. The van der Waals surface area contributed by atoms with E-state index in [9.17, 15) is 28.3 Å². The maximum Gasteiger partial charge on any atom is 0.263 e. The Morgan fingerprint density at radius 3 is 2.65 bits per heavy atom. The third kappa shape index (κ3) is 4.37. The number of rotatable bonds is 6. The molecule has 1 aromatic carbocycles. The molecule has 2 aliphatic heterocycles. The number of aromatic hydroxyl groups is 1. The summed E-state index contributed by atoms with van der Waals surface area (Å²) in [7, 11) is 0. The zero-order chi connectivity index (χ0) is 28.1. The molecule has 1 saturated heterocycles. The van der Waals surface area contributed by atoms with Crippen LogP contribution in [0.1, 0.15) is 35.4 Å². The Balaban J connectivity index is 1.41. The summed E-state index contributed by atoms with van der Waals surface area (Å²) in [5.74, 6) is -2.38. The van der Waals surface area contributed by atoms with Gasteiger partial charge in [0.1, 0.15) is 28.9 Å². The lowest BCUT2D eigenvalue weighted by Gasteiger charge is -2.18. The van der Waals surface area contributed by atoms with Crippen LogP contribution in [-0.4, -0.2) is 49.5 Å². The van der Waals surface area contributed by atoms with Crippen molar-refractivity contribution in [1.82, 2.24) is 19.1 Å². The van der Waals surface area contributed by atoms with Crippen LogP contribution in [0, 0.1) is 11.8 Å². The summed E-state index contributed by atoms with van der Waals surface area (Å²) in [6, 6.07) is 3.80. The molecule has 2 N–H and O–H groups in total. The van der Waals surface area contributed by atoms with Crippen LogP contribution in [0.4, 0.5) is 20.3 Å². The summed E-state index contributed by atoms with van der Waals surface area (Å²) >= 11 is 6.12. The first-order chi connectivity index (χ1) is 19.2. The van der Waals surface area contributed by atoms with Crippen molar-refractivity contribution < 1.29 is 23.5 Å². The zero-order valence-electron chi connectivity index (χ0n) is 21.1. The Hall–Kier alpha value is -4.32. The fourth-order valence-electron chi connectivity index (χ4n) is 5.36. The fraction of sp³-hybridized carbons (Fsp3) is 0.296. The Morgan fingerprint density at radius 2 is 1.90 bits per heavy atom. The molecule has 1 fully saturated rings. The summed E-state index contributed by atoms with van der Waals surface area (Å²) < 4.78 is 32.0. The van der Waals surface area contributed by atoms with Gasteiger partial charge in [-0.1, -0.05) is 11.6 Å². The number of nitrogens with one attached hydrogen (secondary N) is 1. The first-order valence-electron chi connectivity index (χ1n) is 12.8. The number of nitrogens with zero attached hydrogens (tertiary/aromatic N) is 5. The SMILES string of the molecule is O=Cc1cc(-c2cn(CC(=O)Nc3cc(N4CCCC4)nc(F)c3Cl)c3nc4n(c(=O)c23)CCC4)cc(F)c1O. The molecule has 2 aliphatic rings. The Kier molecular flexibility index (Phi) is 6.49. The minimum atomic E-state index is -1.03. The van der Waals surface area contributed by atoms with Crippen LogP contribution < -0.4 is 15.8 Å². The average molecular weight is 569 g/mol. The van der Waals surface area contributed by atoms with Crippen LogP contribution in [0.25, 0.3) is 22.2 Å². The molecule has 0 atom stereocenters. The highest BCUT2D eigenvalue weighted by Gasteiger charge is 2.25. The van der Waals surface area contributed by atoms with Crippen LogP contribution in [0.2, 0.25) is 5.02 Å². The fourth-order valence-corrected chi connectivity index (χ4v) is 5.51. The first-order valence-corrected chi connectivity index (χ1v) is 13.1. The number of fused-ring (bicyclic) bond motifs is 2. The molecule has 3 aromatic heterocycles. The van der Waals surface area contributed by atoms with Gasteiger partial charge in [0.25, 0.3) is 5.56 Å². The Bertz CT molecular complexity index is 1760. The molecule has 6 rings (SSSR count). The highest BCUT2D eigenvalue weighted by atomic mass is 35.5. The van der Waals surface area contributed by atoms with Crippen molar-refractivity contribution in [3.05, 3.63) is 62.9 Å². The smallest absolute Gasteiger partial charge is 0.263 e. The van der Waals surface area contributed by atoms with Gasteiger partial charge in [-0.05, 0) is 37.0 Å². The quantitative estimate of drug-likeness (QED) is 0.267. The molecule has 0 aliphatic carbocycles. The summed E-state index contributed by atoms with van der Waals surface area (Å²) in [5, 5.41) is 12.3. The number of benzene rings is 1. The number of carbonyl (C=O) groups is 2. The van der Waals surface area contributed by atoms with Crippen molar-refractivity contribution >= 4 is 46.3 Å². The van der Waals surface area contributed by atoms with Gasteiger partial charge in [-0.2, -0.15) is 4.39 Å². The van der Waals surface area contributed by atoms with Gasteiger partial charge in [-0.25, -0.2) is 14.4 Å². The standard InChI is InChI=1S/C27H23ClF2N6O4/c28-23-18(10-20(32-25(23)30)34-5-1-2-6-34)31-21(38)12-35-11-16(14-8-15(13-37)24(39)17(29)9-14)22-26(35)33-19-4-3-7-36(19)27(22)40/h8-11,13,39H,1-7,12H2,(H,31,32,38). The van der Waals surface area contributed by atoms with Gasteiger partial charge < -0.3 is 19.9 Å². The van der Waals surface area contributed by atoms with Crippen LogP contribution in [0.15, 0.2) is 29.2 Å². The maximum absolute atomic E-state index is 14.5. The van der Waals surface area contributed by atoms with Crippen LogP contribution in [-0.2, 0) is 24.3 Å². The number of aromatic nitrogens is 4. The monoisotopic (exact) mass is 568 g/mol. The molecule has 10 nitrogen and oxygen atoms in total. The van der Waals surface area contributed by atoms with E-state index in [-0.39, 0.29) is 50.5 Å². The van der Waals surface area contributed by atoms with Gasteiger partial charge in [0.15, 0.2) is 17.9 Å². The normalized spacial score (nSPS) is 14.6. The number of aryl methyl sites for hydroxylation is 1. The number of aldehydes is 1. The molecule has 0 saturated carbocycles. The van der Waals surface area contributed by atoms with Crippen molar-refractivity contribution in [2.75, 3.05) is 23.3 Å². The summed E-state index contributed by atoms with van der Waals surface area (Å²) in [5.41, 5.74) is 0.0211. The minimum Gasteiger partial charge on any atom is -0.504 e. The van der Waals surface area contributed by atoms with E-state index in [0.29, 0.717) is 30.9 Å². The Labute approximate surface area is 230 Å². The highest BCUT2D eigenvalue weighted by Crippen LogP contribution is 2.34. The van der Waals surface area contributed by atoms with E-state index in [0.717, 1.165) is 38.4 Å². The maximum atomic E-state index is 14.5. The van der Waals surface area contributed by atoms with Gasteiger partial charge in [-0.3, -0.25) is 19.0 Å². The molecule has 0 bridgehead atoms. The van der Waals surface area contributed by atoms with Crippen molar-refractivity contribution in [2.45, 2.75) is 38.8 Å². The number of hydrogen-bond donors (Lipinski definition) is 2. The van der Waals surface area contributed by atoms with E-state index in [4.69, 9.17) is 11.6 Å². The topological polar surface area (TPSA) is 122 Å². The third-order valence-corrected chi connectivity index (χ3v) is 7.65. The molecule has 13 heteroatoms. The summed E-state index contributed by atoms with van der Waals surface area (Å²) in [4.78, 5) is 48.5. The number of pyridine rings is 1. The van der Waals surface area contributed by atoms with E-state index in [1.807, 2.05) is 4.90 Å². The lowest BCUT2D eigenvalue weighted by Crippen LogP contribution is -2.23. The molecular weight excluding hydrogens is 546 g/mol. The summed E-state index contributed by atoms with van der Waals surface area (Å²) in [6.07, 6.45) is 4.98. The lowest BCUT2D eigenvalue weighted by atomic mass is 10.0. The number of carbonyl (C=O) groups excluding carboxylic acids is 2. The minimum absolute atomic E-state index is 0.0582. The first kappa shape index (κ1) is 25.9. The van der Waals surface area contributed by atoms with Gasteiger partial charge in [-0.15, -0.1) is 0 Å². The van der Waals surface area contributed by atoms with Crippen molar-refractivity contribution in [3.63, 3.8) is 0 Å². The second kappa shape index (κ2) is 10.0. The van der Waals surface area contributed by atoms with Crippen LogP contribution in [0.5, 0.6) is 5.75 Å². The van der Waals surface area contributed by atoms with E-state index in [1.165, 1.54) is 27.5 Å². The van der Waals surface area contributed by atoms with Gasteiger partial charge in [0, 0.05) is 43.9 Å². The zero-order valence-corrected chi connectivity index (χ0v) is 21.8. The Morgan fingerprint density at radius 1 is 1.12 bits per heavy atom. The molecule has 0 unspecified atom stereocenters. The molecule has 1 amide bonds. The predicted molar refractivity (Wildman–Crippen MR) is 144 cm³/mol. The third-order valence-electron chi connectivity index (χ3n) is 7.29.